The third-order valence-corrected chi connectivity index (χ3v) is 4.23. The number of imidazole rings is 1. The zero-order valence-corrected chi connectivity index (χ0v) is 13.2. The normalized spacial score (nSPS) is 14.9. The van der Waals surface area contributed by atoms with Gasteiger partial charge in [0.1, 0.15) is 5.82 Å². The molecule has 1 fully saturated rings. The van der Waals surface area contributed by atoms with Crippen LogP contribution < -0.4 is 17.0 Å². The zero-order valence-electron chi connectivity index (χ0n) is 13.2. The van der Waals surface area contributed by atoms with Gasteiger partial charge in [0.25, 0.3) is 5.56 Å². The van der Waals surface area contributed by atoms with Gasteiger partial charge in [-0.2, -0.15) is 0 Å². The van der Waals surface area contributed by atoms with Gasteiger partial charge in [-0.15, -0.1) is 0 Å². The lowest BCUT2D eigenvalue weighted by atomic mass is 10.3. The van der Waals surface area contributed by atoms with Gasteiger partial charge in [0.05, 0.1) is 0 Å². The van der Waals surface area contributed by atoms with Crippen LogP contribution in [-0.4, -0.2) is 25.2 Å². The Morgan fingerprint density at radius 3 is 2.55 bits per heavy atom. The molecule has 2 aromatic rings. The molecule has 0 aliphatic heterocycles. The second kappa shape index (κ2) is 5.72. The zero-order chi connectivity index (χ0) is 15.9. The van der Waals surface area contributed by atoms with Crippen molar-refractivity contribution in [2.75, 3.05) is 6.54 Å². The van der Waals surface area contributed by atoms with Crippen LogP contribution in [0.25, 0.3) is 11.2 Å². The van der Waals surface area contributed by atoms with Gasteiger partial charge in [0, 0.05) is 26.1 Å². The van der Waals surface area contributed by atoms with E-state index >= 15 is 0 Å². The molecule has 0 amide bonds. The highest BCUT2D eigenvalue weighted by molar-refractivity contribution is 5.71. The predicted molar refractivity (Wildman–Crippen MR) is 85.2 cm³/mol. The Kier molecular flexibility index (Phi) is 3.90. The molecule has 0 radical (unpaired) electrons. The van der Waals surface area contributed by atoms with E-state index in [4.69, 9.17) is 5.73 Å². The van der Waals surface area contributed by atoms with Gasteiger partial charge in [-0.1, -0.05) is 6.92 Å². The van der Waals surface area contributed by atoms with Crippen molar-refractivity contribution in [3.63, 3.8) is 0 Å². The van der Waals surface area contributed by atoms with Crippen molar-refractivity contribution in [1.29, 1.82) is 0 Å². The van der Waals surface area contributed by atoms with E-state index in [0.717, 1.165) is 31.5 Å². The second-order valence-electron chi connectivity index (χ2n) is 6.01. The summed E-state index contributed by atoms with van der Waals surface area (Å²) in [6, 6.07) is 0. The molecule has 0 unspecified atom stereocenters. The number of aryl methyl sites for hydroxylation is 2. The lowest BCUT2D eigenvalue weighted by Crippen LogP contribution is -2.38. The summed E-state index contributed by atoms with van der Waals surface area (Å²) in [4.78, 5) is 29.7. The molecule has 7 heteroatoms. The van der Waals surface area contributed by atoms with Crippen molar-refractivity contribution >= 4 is 11.2 Å². The Morgan fingerprint density at radius 1 is 1.23 bits per heavy atom. The molecule has 1 aliphatic rings. The van der Waals surface area contributed by atoms with Crippen LogP contribution in [0.1, 0.15) is 44.3 Å². The Hall–Kier alpha value is -1.89. The van der Waals surface area contributed by atoms with Crippen LogP contribution in [0.5, 0.6) is 0 Å². The molecule has 2 N–H and O–H groups in total. The highest BCUT2D eigenvalue weighted by atomic mass is 16.2. The van der Waals surface area contributed by atoms with Crippen LogP contribution in [0.2, 0.25) is 0 Å². The number of aromatic nitrogens is 4. The second-order valence-corrected chi connectivity index (χ2v) is 6.01. The lowest BCUT2D eigenvalue weighted by Gasteiger charge is -2.09. The molecule has 0 spiro atoms. The summed E-state index contributed by atoms with van der Waals surface area (Å²) in [6.07, 6.45) is 3.82. The molecular formula is C15H23N5O2. The van der Waals surface area contributed by atoms with Crippen LogP contribution in [0.15, 0.2) is 9.59 Å². The Balaban J connectivity index is 2.33. The van der Waals surface area contributed by atoms with Crippen LogP contribution >= 0.6 is 0 Å². The number of hydrogen-bond donors (Lipinski definition) is 1. The first kappa shape index (κ1) is 15.0. The molecule has 3 rings (SSSR count). The molecule has 0 aromatic carbocycles. The monoisotopic (exact) mass is 305 g/mol. The first-order valence-electron chi connectivity index (χ1n) is 8.00. The van der Waals surface area contributed by atoms with Crippen LogP contribution in [-0.2, 0) is 20.1 Å². The number of rotatable bonds is 6. The van der Waals surface area contributed by atoms with E-state index in [0.29, 0.717) is 36.7 Å². The molecule has 7 nitrogen and oxygen atoms in total. The summed E-state index contributed by atoms with van der Waals surface area (Å²) in [5.74, 6) is 1.36. The average Bonchev–Trinajstić information content (AvgIpc) is 3.28. The first-order valence-corrected chi connectivity index (χ1v) is 8.00. The minimum Gasteiger partial charge on any atom is -0.330 e. The molecule has 1 saturated carbocycles. The lowest BCUT2D eigenvalue weighted by molar-refractivity contribution is 0.605. The van der Waals surface area contributed by atoms with Gasteiger partial charge >= 0.3 is 5.69 Å². The maximum atomic E-state index is 12.6. The highest BCUT2D eigenvalue weighted by Crippen LogP contribution is 2.40. The molecule has 120 valence electrons. The summed E-state index contributed by atoms with van der Waals surface area (Å²) in [7, 11) is 1.54. The van der Waals surface area contributed by atoms with Gasteiger partial charge in [0.15, 0.2) is 11.2 Å². The average molecular weight is 305 g/mol. The minimum atomic E-state index is -0.287. The molecule has 0 bridgehead atoms. The number of nitrogens with zero attached hydrogens (tertiary/aromatic N) is 4. The van der Waals surface area contributed by atoms with Crippen molar-refractivity contribution in [3.05, 3.63) is 26.7 Å². The first-order chi connectivity index (χ1) is 10.6. The summed E-state index contributed by atoms with van der Waals surface area (Å²) < 4.78 is 4.81. The standard InChI is InChI=1S/C15H23N5O2/c1-3-8-20-13-11(14(21)18(2)15(20)22)19(9-4-7-16)12(17-13)10-5-6-10/h10H,3-9,16H2,1-2H3. The van der Waals surface area contributed by atoms with E-state index in [-0.39, 0.29) is 11.2 Å². The van der Waals surface area contributed by atoms with Crippen molar-refractivity contribution in [2.45, 2.75) is 51.6 Å². The number of nitrogens with two attached hydrogens (primary N) is 1. The molecular weight excluding hydrogens is 282 g/mol. The van der Waals surface area contributed by atoms with Crippen molar-refractivity contribution < 1.29 is 0 Å². The molecule has 2 aromatic heterocycles. The van der Waals surface area contributed by atoms with Crippen molar-refractivity contribution in [2.24, 2.45) is 12.8 Å². The van der Waals surface area contributed by atoms with E-state index in [9.17, 15) is 9.59 Å². The quantitative estimate of drug-likeness (QED) is 0.843. The summed E-state index contributed by atoms with van der Waals surface area (Å²) in [5, 5.41) is 0. The van der Waals surface area contributed by atoms with Crippen LogP contribution in [0.3, 0.4) is 0 Å². The Morgan fingerprint density at radius 2 is 1.95 bits per heavy atom. The van der Waals surface area contributed by atoms with Gasteiger partial charge in [-0.05, 0) is 32.2 Å². The fourth-order valence-corrected chi connectivity index (χ4v) is 2.93. The maximum absolute atomic E-state index is 12.6. The summed E-state index contributed by atoms with van der Waals surface area (Å²) in [5.41, 5.74) is 6.16. The fraction of sp³-hybridized carbons (Fsp3) is 0.667. The third-order valence-electron chi connectivity index (χ3n) is 4.23. The molecule has 0 atom stereocenters. The molecule has 2 heterocycles. The number of fused-ring (bicyclic) bond motifs is 1. The number of hydrogen-bond acceptors (Lipinski definition) is 4. The van der Waals surface area contributed by atoms with E-state index < -0.39 is 0 Å². The SMILES string of the molecule is CCCn1c(=O)n(C)c(=O)c2c1nc(C1CC1)n2CCCN. The van der Waals surface area contributed by atoms with E-state index in [1.165, 1.54) is 11.6 Å². The van der Waals surface area contributed by atoms with Crippen molar-refractivity contribution in [1.82, 2.24) is 18.7 Å². The fourth-order valence-electron chi connectivity index (χ4n) is 2.93. The molecule has 1 aliphatic carbocycles. The van der Waals surface area contributed by atoms with Gasteiger partial charge in [-0.25, -0.2) is 9.78 Å². The van der Waals surface area contributed by atoms with Gasteiger partial charge in [0.2, 0.25) is 0 Å². The van der Waals surface area contributed by atoms with Crippen LogP contribution in [0.4, 0.5) is 0 Å². The highest BCUT2D eigenvalue weighted by Gasteiger charge is 2.31. The largest absolute Gasteiger partial charge is 0.332 e. The Bertz CT molecular complexity index is 810. The third kappa shape index (κ3) is 2.29. The Labute approximate surface area is 128 Å². The van der Waals surface area contributed by atoms with Gasteiger partial charge in [-0.3, -0.25) is 13.9 Å². The summed E-state index contributed by atoms with van der Waals surface area (Å²) in [6.45, 7) is 3.83. The van der Waals surface area contributed by atoms with Gasteiger partial charge < -0.3 is 10.3 Å². The van der Waals surface area contributed by atoms with Crippen molar-refractivity contribution in [3.8, 4) is 0 Å². The minimum absolute atomic E-state index is 0.260. The van der Waals surface area contributed by atoms with E-state index in [1.807, 2.05) is 11.5 Å². The van der Waals surface area contributed by atoms with Crippen LogP contribution in [0, 0.1) is 0 Å². The predicted octanol–water partition coefficient (Wildman–Crippen LogP) is 0.533. The molecule has 22 heavy (non-hydrogen) atoms. The van der Waals surface area contributed by atoms with E-state index in [2.05, 4.69) is 4.98 Å². The smallest absolute Gasteiger partial charge is 0.330 e. The topological polar surface area (TPSA) is 87.8 Å². The summed E-state index contributed by atoms with van der Waals surface area (Å²) >= 11 is 0. The van der Waals surface area contributed by atoms with E-state index in [1.54, 1.807) is 4.57 Å². The maximum Gasteiger partial charge on any atom is 0.332 e. The molecule has 0 saturated heterocycles.